The lowest BCUT2D eigenvalue weighted by Crippen LogP contribution is -2.10. The first kappa shape index (κ1) is 9.44. The number of hydrogen-bond donors (Lipinski definition) is 1. The highest BCUT2D eigenvalue weighted by atomic mass is 16.6. The molecule has 0 aliphatic carbocycles. The zero-order valence-electron chi connectivity index (χ0n) is 7.52. The fourth-order valence-corrected chi connectivity index (χ4v) is 0.908. The van der Waals surface area contributed by atoms with E-state index >= 15 is 0 Å². The second kappa shape index (κ2) is 3.84. The van der Waals surface area contributed by atoms with Crippen LogP contribution in [0.5, 0.6) is 0 Å². The highest BCUT2D eigenvalue weighted by molar-refractivity contribution is 5.44. The first-order valence-corrected chi connectivity index (χ1v) is 3.96. The lowest BCUT2D eigenvalue weighted by atomic mass is 10.3. The minimum Gasteiger partial charge on any atom is -0.368 e. The van der Waals surface area contributed by atoms with Crippen LogP contribution < -0.4 is 5.32 Å². The summed E-state index contributed by atoms with van der Waals surface area (Å²) in [5.74, 6) is 0.532. The third-order valence-electron chi connectivity index (χ3n) is 1.39. The standard InChI is InChI=1S/C8H11N3O2/c1-6(2)10-8-5-7(11(12)13)3-4-9-8/h3-6H,1-2H3,(H,9,10). The van der Waals surface area contributed by atoms with Crippen molar-refractivity contribution in [2.45, 2.75) is 19.9 Å². The predicted molar refractivity (Wildman–Crippen MR) is 49.7 cm³/mol. The highest BCUT2D eigenvalue weighted by Gasteiger charge is 2.06. The van der Waals surface area contributed by atoms with Crippen molar-refractivity contribution in [3.8, 4) is 0 Å². The highest BCUT2D eigenvalue weighted by Crippen LogP contribution is 2.14. The van der Waals surface area contributed by atoms with Crippen molar-refractivity contribution in [3.05, 3.63) is 28.4 Å². The van der Waals surface area contributed by atoms with E-state index in [4.69, 9.17) is 0 Å². The molecule has 1 aromatic rings. The monoisotopic (exact) mass is 181 g/mol. The van der Waals surface area contributed by atoms with E-state index in [0.717, 1.165) is 0 Å². The Kier molecular flexibility index (Phi) is 2.79. The van der Waals surface area contributed by atoms with Crippen LogP contribution >= 0.6 is 0 Å². The van der Waals surface area contributed by atoms with Crippen LogP contribution in [-0.2, 0) is 0 Å². The molecule has 0 saturated heterocycles. The molecule has 13 heavy (non-hydrogen) atoms. The lowest BCUT2D eigenvalue weighted by molar-refractivity contribution is -0.384. The molecule has 1 aromatic heterocycles. The fraction of sp³-hybridized carbons (Fsp3) is 0.375. The first-order chi connectivity index (χ1) is 6.09. The molecule has 0 amide bonds. The molecule has 0 fully saturated rings. The maximum atomic E-state index is 10.4. The van der Waals surface area contributed by atoms with Gasteiger partial charge in [-0.25, -0.2) is 4.98 Å². The van der Waals surface area contributed by atoms with Gasteiger partial charge < -0.3 is 5.32 Å². The topological polar surface area (TPSA) is 68.1 Å². The second-order valence-corrected chi connectivity index (χ2v) is 2.96. The van der Waals surface area contributed by atoms with Gasteiger partial charge in [-0.05, 0) is 13.8 Å². The number of nitrogens with one attached hydrogen (secondary N) is 1. The van der Waals surface area contributed by atoms with Crippen LogP contribution in [0.25, 0.3) is 0 Å². The summed E-state index contributed by atoms with van der Waals surface area (Å²) in [7, 11) is 0. The molecule has 0 aliphatic rings. The Bertz CT molecular complexity index is 312. The van der Waals surface area contributed by atoms with Crippen molar-refractivity contribution in [2.24, 2.45) is 0 Å². The Balaban J connectivity index is 2.85. The van der Waals surface area contributed by atoms with Crippen LogP contribution in [-0.4, -0.2) is 15.9 Å². The zero-order chi connectivity index (χ0) is 9.84. The molecule has 0 radical (unpaired) electrons. The van der Waals surface area contributed by atoms with Gasteiger partial charge in [0, 0.05) is 18.3 Å². The van der Waals surface area contributed by atoms with Gasteiger partial charge in [0.05, 0.1) is 11.0 Å². The Hall–Kier alpha value is -1.65. The summed E-state index contributed by atoms with van der Waals surface area (Å²) in [5.41, 5.74) is 0.0538. The molecule has 0 spiro atoms. The van der Waals surface area contributed by atoms with E-state index in [1.165, 1.54) is 18.3 Å². The van der Waals surface area contributed by atoms with Crippen molar-refractivity contribution in [2.75, 3.05) is 5.32 Å². The van der Waals surface area contributed by atoms with Crippen LogP contribution in [0, 0.1) is 10.1 Å². The van der Waals surface area contributed by atoms with Gasteiger partial charge in [0.1, 0.15) is 5.82 Å². The number of anilines is 1. The number of nitro groups is 1. The molecule has 0 unspecified atom stereocenters. The zero-order valence-corrected chi connectivity index (χ0v) is 7.52. The van der Waals surface area contributed by atoms with Crippen LogP contribution in [0.4, 0.5) is 11.5 Å². The molecule has 1 rings (SSSR count). The van der Waals surface area contributed by atoms with Crippen molar-refractivity contribution in [1.82, 2.24) is 4.98 Å². The minimum absolute atomic E-state index is 0.0538. The van der Waals surface area contributed by atoms with Crippen molar-refractivity contribution in [3.63, 3.8) is 0 Å². The Morgan fingerprint density at radius 3 is 2.85 bits per heavy atom. The summed E-state index contributed by atoms with van der Waals surface area (Å²) in [6, 6.07) is 3.00. The molecule has 1 N–H and O–H groups in total. The van der Waals surface area contributed by atoms with Crippen LogP contribution in [0.15, 0.2) is 18.3 Å². The summed E-state index contributed by atoms with van der Waals surface area (Å²) in [4.78, 5) is 13.9. The van der Waals surface area contributed by atoms with Gasteiger partial charge in [0.25, 0.3) is 5.69 Å². The molecule has 5 heteroatoms. The van der Waals surface area contributed by atoms with E-state index in [1.54, 1.807) is 0 Å². The molecular weight excluding hydrogens is 170 g/mol. The number of rotatable bonds is 3. The molecule has 1 heterocycles. The van der Waals surface area contributed by atoms with E-state index in [9.17, 15) is 10.1 Å². The summed E-state index contributed by atoms with van der Waals surface area (Å²) < 4.78 is 0. The van der Waals surface area contributed by atoms with Crippen molar-refractivity contribution in [1.29, 1.82) is 0 Å². The van der Waals surface area contributed by atoms with E-state index in [-0.39, 0.29) is 11.7 Å². The minimum atomic E-state index is -0.437. The number of aromatic nitrogens is 1. The van der Waals surface area contributed by atoms with Gasteiger partial charge in [-0.15, -0.1) is 0 Å². The Morgan fingerprint density at radius 2 is 2.31 bits per heavy atom. The van der Waals surface area contributed by atoms with E-state index < -0.39 is 4.92 Å². The third kappa shape index (κ3) is 2.70. The molecule has 0 aromatic carbocycles. The number of nitrogens with zero attached hydrogens (tertiary/aromatic N) is 2. The van der Waals surface area contributed by atoms with Crippen LogP contribution in [0.3, 0.4) is 0 Å². The molecule has 0 atom stereocenters. The summed E-state index contributed by atoms with van der Waals surface area (Å²) in [5, 5.41) is 13.4. The van der Waals surface area contributed by atoms with Gasteiger partial charge in [0.2, 0.25) is 0 Å². The molecule has 0 aliphatic heterocycles. The van der Waals surface area contributed by atoms with Gasteiger partial charge in [-0.2, -0.15) is 0 Å². The predicted octanol–water partition coefficient (Wildman–Crippen LogP) is 1.81. The largest absolute Gasteiger partial charge is 0.368 e. The van der Waals surface area contributed by atoms with E-state index in [1.807, 2.05) is 13.8 Å². The number of pyridine rings is 1. The molecule has 0 saturated carbocycles. The van der Waals surface area contributed by atoms with Crippen LogP contribution in [0.1, 0.15) is 13.8 Å². The molecule has 0 bridgehead atoms. The number of hydrogen-bond acceptors (Lipinski definition) is 4. The summed E-state index contributed by atoms with van der Waals surface area (Å²) in [6.45, 7) is 3.89. The van der Waals surface area contributed by atoms with Gasteiger partial charge in [0.15, 0.2) is 0 Å². The van der Waals surface area contributed by atoms with Gasteiger partial charge in [-0.3, -0.25) is 10.1 Å². The quantitative estimate of drug-likeness (QED) is 0.570. The van der Waals surface area contributed by atoms with Crippen LogP contribution in [0.2, 0.25) is 0 Å². The summed E-state index contributed by atoms with van der Waals surface area (Å²) >= 11 is 0. The Morgan fingerprint density at radius 1 is 1.62 bits per heavy atom. The average Bonchev–Trinajstić information content (AvgIpc) is 2.03. The second-order valence-electron chi connectivity index (χ2n) is 2.96. The Labute approximate surface area is 75.9 Å². The van der Waals surface area contributed by atoms with E-state index in [2.05, 4.69) is 10.3 Å². The van der Waals surface area contributed by atoms with Gasteiger partial charge >= 0.3 is 0 Å². The van der Waals surface area contributed by atoms with E-state index in [0.29, 0.717) is 5.82 Å². The molecular formula is C8H11N3O2. The molecule has 70 valence electrons. The van der Waals surface area contributed by atoms with Gasteiger partial charge in [-0.1, -0.05) is 0 Å². The third-order valence-corrected chi connectivity index (χ3v) is 1.39. The van der Waals surface area contributed by atoms with Crippen molar-refractivity contribution >= 4 is 11.5 Å². The fourth-order valence-electron chi connectivity index (χ4n) is 0.908. The average molecular weight is 181 g/mol. The first-order valence-electron chi connectivity index (χ1n) is 3.96. The maximum Gasteiger partial charge on any atom is 0.274 e. The SMILES string of the molecule is CC(C)Nc1cc([N+](=O)[O-])ccn1. The van der Waals surface area contributed by atoms with Crippen molar-refractivity contribution < 1.29 is 4.92 Å². The lowest BCUT2D eigenvalue weighted by Gasteiger charge is -2.07. The smallest absolute Gasteiger partial charge is 0.274 e. The normalized spacial score (nSPS) is 10.1. The maximum absolute atomic E-state index is 10.4. The molecule has 5 nitrogen and oxygen atoms in total. The summed E-state index contributed by atoms with van der Waals surface area (Å²) in [6.07, 6.45) is 1.42.